The number of piperidine rings is 1. The molecule has 25 heavy (non-hydrogen) atoms. The molecule has 1 atom stereocenters. The lowest BCUT2D eigenvalue weighted by atomic mass is 9.94. The van der Waals surface area contributed by atoms with Crippen molar-refractivity contribution < 1.29 is 9.47 Å². The molecule has 0 aliphatic carbocycles. The number of rotatable bonds is 7. The highest BCUT2D eigenvalue weighted by Gasteiger charge is 2.22. The first-order valence-electron chi connectivity index (χ1n) is 9.02. The van der Waals surface area contributed by atoms with Crippen LogP contribution in [0.3, 0.4) is 0 Å². The number of likely N-dealkylation sites (tertiary alicyclic amines) is 1. The van der Waals surface area contributed by atoms with E-state index in [0.29, 0.717) is 19.1 Å². The van der Waals surface area contributed by atoms with Crippen molar-refractivity contribution in [1.29, 1.82) is 0 Å². The molecule has 1 aromatic carbocycles. The van der Waals surface area contributed by atoms with Gasteiger partial charge in [0.05, 0.1) is 13.7 Å². The monoisotopic (exact) mass is 341 g/mol. The number of aromatic nitrogens is 2. The number of hydrogen-bond acceptors (Lipinski definition) is 5. The topological polar surface area (TPSA) is 47.5 Å². The zero-order valence-electron chi connectivity index (χ0n) is 15.1. The van der Waals surface area contributed by atoms with Gasteiger partial charge in [0.25, 0.3) is 0 Å². The Labute approximate surface area is 150 Å². The molecule has 0 spiro atoms. The van der Waals surface area contributed by atoms with Crippen molar-refractivity contribution in [1.82, 2.24) is 14.9 Å². The van der Waals surface area contributed by atoms with Crippen LogP contribution in [0.1, 0.15) is 42.5 Å². The molecular formula is C20H27N3O2. The van der Waals surface area contributed by atoms with Gasteiger partial charge in [0.2, 0.25) is 0 Å². The number of hydrogen-bond donors (Lipinski definition) is 0. The van der Waals surface area contributed by atoms with Gasteiger partial charge in [0, 0.05) is 43.1 Å². The molecule has 0 amide bonds. The molecule has 1 saturated heterocycles. The summed E-state index contributed by atoms with van der Waals surface area (Å²) in [7, 11) is 1.71. The van der Waals surface area contributed by atoms with Crippen LogP contribution in [0.4, 0.5) is 0 Å². The average molecular weight is 341 g/mol. The first-order valence-corrected chi connectivity index (χ1v) is 9.02. The van der Waals surface area contributed by atoms with E-state index in [1.54, 1.807) is 13.4 Å². The molecule has 0 bridgehead atoms. The Morgan fingerprint density at radius 1 is 1.28 bits per heavy atom. The van der Waals surface area contributed by atoms with E-state index in [1.165, 1.54) is 18.4 Å². The summed E-state index contributed by atoms with van der Waals surface area (Å²) in [6.07, 6.45) is 5.89. The number of benzene rings is 1. The van der Waals surface area contributed by atoms with Gasteiger partial charge in [-0.3, -0.25) is 4.90 Å². The summed E-state index contributed by atoms with van der Waals surface area (Å²) in [6, 6.07) is 8.46. The number of nitrogens with zero attached hydrogens (tertiary/aromatic N) is 3. The standard InChI is InChI=1S/C20H27N3O2/c1-3-25-14-18-11-16(6-7-20(18)24-2)12-23-10-4-5-17(13-23)19-8-9-21-15-22-19/h6-9,11,15,17H,3-5,10,12-14H2,1-2H3. The summed E-state index contributed by atoms with van der Waals surface area (Å²) in [5, 5.41) is 0. The first kappa shape index (κ1) is 17.8. The quantitative estimate of drug-likeness (QED) is 0.772. The Morgan fingerprint density at radius 2 is 2.20 bits per heavy atom. The molecule has 1 aromatic heterocycles. The van der Waals surface area contributed by atoms with Gasteiger partial charge < -0.3 is 9.47 Å². The molecule has 3 rings (SSSR count). The third-order valence-corrected chi connectivity index (χ3v) is 4.74. The first-order chi connectivity index (χ1) is 12.3. The molecular weight excluding hydrogens is 314 g/mol. The zero-order chi connectivity index (χ0) is 17.5. The van der Waals surface area contributed by atoms with Crippen LogP contribution in [0, 0.1) is 0 Å². The zero-order valence-corrected chi connectivity index (χ0v) is 15.1. The fraction of sp³-hybridized carbons (Fsp3) is 0.500. The Morgan fingerprint density at radius 3 is 2.96 bits per heavy atom. The van der Waals surface area contributed by atoms with Gasteiger partial charge in [-0.1, -0.05) is 6.07 Å². The summed E-state index contributed by atoms with van der Waals surface area (Å²) < 4.78 is 11.0. The molecule has 1 aliphatic rings. The molecule has 1 fully saturated rings. The normalized spacial score (nSPS) is 18.2. The van der Waals surface area contributed by atoms with Crippen LogP contribution in [0.5, 0.6) is 5.75 Å². The van der Waals surface area contributed by atoms with Gasteiger partial charge in [-0.05, 0) is 50.1 Å². The predicted molar refractivity (Wildman–Crippen MR) is 97.6 cm³/mol. The molecule has 2 aromatic rings. The fourth-order valence-corrected chi connectivity index (χ4v) is 3.50. The van der Waals surface area contributed by atoms with Crippen molar-refractivity contribution in [3.63, 3.8) is 0 Å². The Hall–Kier alpha value is -1.98. The second-order valence-electron chi connectivity index (χ2n) is 6.49. The van der Waals surface area contributed by atoms with Crippen molar-refractivity contribution >= 4 is 0 Å². The van der Waals surface area contributed by atoms with E-state index in [4.69, 9.17) is 9.47 Å². The van der Waals surface area contributed by atoms with Crippen LogP contribution in [-0.2, 0) is 17.9 Å². The highest BCUT2D eigenvalue weighted by Crippen LogP contribution is 2.27. The van der Waals surface area contributed by atoms with Gasteiger partial charge >= 0.3 is 0 Å². The Bertz CT molecular complexity index is 663. The molecule has 2 heterocycles. The third-order valence-electron chi connectivity index (χ3n) is 4.74. The van der Waals surface area contributed by atoms with E-state index in [-0.39, 0.29) is 0 Å². The lowest BCUT2D eigenvalue weighted by Crippen LogP contribution is -2.34. The minimum Gasteiger partial charge on any atom is -0.496 e. The number of methoxy groups -OCH3 is 1. The molecule has 5 nitrogen and oxygen atoms in total. The largest absolute Gasteiger partial charge is 0.496 e. The van der Waals surface area contributed by atoms with Gasteiger partial charge in [0.15, 0.2) is 0 Å². The molecule has 5 heteroatoms. The molecule has 0 saturated carbocycles. The summed E-state index contributed by atoms with van der Waals surface area (Å²) in [4.78, 5) is 11.0. The van der Waals surface area contributed by atoms with E-state index < -0.39 is 0 Å². The number of ether oxygens (including phenoxy) is 2. The second-order valence-corrected chi connectivity index (χ2v) is 6.49. The van der Waals surface area contributed by atoms with Crippen LogP contribution >= 0.6 is 0 Å². The van der Waals surface area contributed by atoms with Gasteiger partial charge in [-0.2, -0.15) is 0 Å². The maximum atomic E-state index is 5.57. The van der Waals surface area contributed by atoms with E-state index >= 15 is 0 Å². The third kappa shape index (κ3) is 4.77. The molecule has 0 N–H and O–H groups in total. The highest BCUT2D eigenvalue weighted by molar-refractivity contribution is 5.37. The van der Waals surface area contributed by atoms with E-state index in [0.717, 1.165) is 36.6 Å². The fourth-order valence-electron chi connectivity index (χ4n) is 3.50. The summed E-state index contributed by atoms with van der Waals surface area (Å²) in [5.41, 5.74) is 3.58. The molecule has 134 valence electrons. The van der Waals surface area contributed by atoms with E-state index in [9.17, 15) is 0 Å². The van der Waals surface area contributed by atoms with Crippen LogP contribution in [0.25, 0.3) is 0 Å². The minimum absolute atomic E-state index is 0.498. The predicted octanol–water partition coefficient (Wildman–Crippen LogP) is 3.40. The lowest BCUT2D eigenvalue weighted by Gasteiger charge is -2.32. The van der Waals surface area contributed by atoms with Crippen molar-refractivity contribution in [2.45, 2.75) is 38.8 Å². The van der Waals surface area contributed by atoms with Crippen LogP contribution in [0.2, 0.25) is 0 Å². The van der Waals surface area contributed by atoms with Gasteiger partial charge in [-0.15, -0.1) is 0 Å². The van der Waals surface area contributed by atoms with E-state index in [2.05, 4.69) is 33.1 Å². The van der Waals surface area contributed by atoms with Crippen LogP contribution < -0.4 is 4.74 Å². The molecule has 0 radical (unpaired) electrons. The summed E-state index contributed by atoms with van der Waals surface area (Å²) in [5.74, 6) is 1.40. The molecule has 1 unspecified atom stereocenters. The van der Waals surface area contributed by atoms with E-state index in [1.807, 2.05) is 19.2 Å². The highest BCUT2D eigenvalue weighted by atomic mass is 16.5. The minimum atomic E-state index is 0.498. The average Bonchev–Trinajstić information content (AvgIpc) is 2.67. The Kier molecular flexibility index (Phi) is 6.36. The summed E-state index contributed by atoms with van der Waals surface area (Å²) in [6.45, 7) is 6.44. The van der Waals surface area contributed by atoms with Crippen LogP contribution in [0.15, 0.2) is 36.8 Å². The maximum absolute atomic E-state index is 5.57. The Balaban J connectivity index is 1.67. The van der Waals surface area contributed by atoms with Crippen molar-refractivity contribution in [2.75, 3.05) is 26.8 Å². The smallest absolute Gasteiger partial charge is 0.124 e. The van der Waals surface area contributed by atoms with Gasteiger partial charge in [0.1, 0.15) is 12.1 Å². The van der Waals surface area contributed by atoms with Gasteiger partial charge in [-0.25, -0.2) is 9.97 Å². The van der Waals surface area contributed by atoms with Crippen molar-refractivity contribution in [3.8, 4) is 5.75 Å². The van der Waals surface area contributed by atoms with Crippen molar-refractivity contribution in [2.24, 2.45) is 0 Å². The lowest BCUT2D eigenvalue weighted by molar-refractivity contribution is 0.131. The second kappa shape index (κ2) is 8.92. The summed E-state index contributed by atoms with van der Waals surface area (Å²) >= 11 is 0. The van der Waals surface area contributed by atoms with Crippen LogP contribution in [-0.4, -0.2) is 41.7 Å². The maximum Gasteiger partial charge on any atom is 0.124 e. The SMILES string of the molecule is CCOCc1cc(CN2CCCC(c3ccncn3)C2)ccc1OC. The van der Waals surface area contributed by atoms with Crippen molar-refractivity contribution in [3.05, 3.63) is 53.6 Å². The molecule has 1 aliphatic heterocycles.